The summed E-state index contributed by atoms with van der Waals surface area (Å²) >= 11 is 8.23. The average molecular weight is 691 g/mol. The van der Waals surface area contributed by atoms with E-state index >= 15 is 4.39 Å². The summed E-state index contributed by atoms with van der Waals surface area (Å²) in [6.45, 7) is 7.18. The van der Waals surface area contributed by atoms with Crippen LogP contribution in [-0.4, -0.2) is 90.4 Å². The molecule has 1 atom stereocenters. The first-order chi connectivity index (χ1) is 23.2. The van der Waals surface area contributed by atoms with E-state index in [1.54, 1.807) is 30.3 Å². The first-order valence-corrected chi connectivity index (χ1v) is 16.8. The highest BCUT2D eigenvalue weighted by Crippen LogP contribution is 2.50. The van der Waals surface area contributed by atoms with Gasteiger partial charge in [-0.1, -0.05) is 54.1 Å². The lowest BCUT2D eigenvalue weighted by Crippen LogP contribution is -2.45. The van der Waals surface area contributed by atoms with Crippen LogP contribution >= 0.6 is 22.9 Å². The van der Waals surface area contributed by atoms with Crippen LogP contribution in [0.15, 0.2) is 67.0 Å². The van der Waals surface area contributed by atoms with Crippen LogP contribution in [0.3, 0.4) is 0 Å². The van der Waals surface area contributed by atoms with Gasteiger partial charge in [-0.15, -0.1) is 11.3 Å². The molecule has 0 amide bonds. The van der Waals surface area contributed by atoms with Crippen molar-refractivity contribution in [2.45, 2.75) is 19.4 Å². The number of carboxylic acid groups (broad SMARTS) is 1. The fourth-order valence-electron chi connectivity index (χ4n) is 5.87. The number of nitrogens with zero attached hydrogens (tertiary/aromatic N) is 4. The number of ether oxygens (including phenoxy) is 3. The van der Waals surface area contributed by atoms with E-state index in [0.717, 1.165) is 32.7 Å². The largest absolute Gasteiger partial charge is 0.496 e. The number of rotatable bonds is 12. The highest BCUT2D eigenvalue weighted by molar-refractivity contribution is 7.22. The van der Waals surface area contributed by atoms with Gasteiger partial charge in [0, 0.05) is 55.1 Å². The summed E-state index contributed by atoms with van der Waals surface area (Å²) in [7, 11) is 3.66. The van der Waals surface area contributed by atoms with Crippen molar-refractivity contribution in [1.29, 1.82) is 0 Å². The molecular weight excluding hydrogens is 655 g/mol. The van der Waals surface area contributed by atoms with E-state index in [1.807, 2.05) is 31.2 Å². The van der Waals surface area contributed by atoms with Crippen LogP contribution in [0.2, 0.25) is 5.02 Å². The number of para-hydroxylation sites is 1. The predicted octanol–water partition coefficient (Wildman–Crippen LogP) is 6.84. The van der Waals surface area contributed by atoms with E-state index in [0.29, 0.717) is 66.0 Å². The topological polar surface area (TPSA) is 97.3 Å². The van der Waals surface area contributed by atoms with Gasteiger partial charge >= 0.3 is 5.97 Å². The molecule has 0 aliphatic carbocycles. The summed E-state index contributed by atoms with van der Waals surface area (Å²) in [5.74, 6) is -0.410. The van der Waals surface area contributed by atoms with Gasteiger partial charge in [0.15, 0.2) is 0 Å². The zero-order valence-electron chi connectivity index (χ0n) is 26.9. The molecule has 1 aliphatic rings. The van der Waals surface area contributed by atoms with Crippen LogP contribution in [0.5, 0.6) is 17.4 Å². The molecule has 0 spiro atoms. The van der Waals surface area contributed by atoms with Gasteiger partial charge in [0.1, 0.15) is 35.1 Å². The normalized spacial score (nSPS) is 14.6. The summed E-state index contributed by atoms with van der Waals surface area (Å²) in [6, 6.07) is 17.4. The van der Waals surface area contributed by atoms with Crippen molar-refractivity contribution in [3.8, 4) is 38.9 Å². The Labute approximate surface area is 287 Å². The van der Waals surface area contributed by atoms with Gasteiger partial charge in [-0.2, -0.15) is 0 Å². The number of fused-ring (bicyclic) bond motifs is 1. The SMILES string of the molecule is COc1ccccc1C[C@@H](Oc1ncnc2sc(-c3ccccc3F)c(-c3ccc(OCCN4CCN(C)CC4)c(Cl)c3C)c12)C(=O)O. The first-order valence-electron chi connectivity index (χ1n) is 15.6. The quantitative estimate of drug-likeness (QED) is 0.151. The smallest absolute Gasteiger partial charge is 0.345 e. The molecule has 1 saturated heterocycles. The number of likely N-dealkylation sites (N-methyl/N-ethyl adjacent to an activating group) is 1. The third kappa shape index (κ3) is 7.09. The Hall–Kier alpha value is -4.29. The second kappa shape index (κ2) is 14.9. The summed E-state index contributed by atoms with van der Waals surface area (Å²) in [5, 5.41) is 11.1. The van der Waals surface area contributed by atoms with Gasteiger partial charge in [-0.05, 0) is 48.9 Å². The molecule has 0 unspecified atom stereocenters. The van der Waals surface area contributed by atoms with Crippen molar-refractivity contribution in [2.24, 2.45) is 0 Å². The predicted molar refractivity (Wildman–Crippen MR) is 186 cm³/mol. The van der Waals surface area contributed by atoms with Gasteiger partial charge in [0.2, 0.25) is 12.0 Å². The summed E-state index contributed by atoms with van der Waals surface area (Å²) in [4.78, 5) is 27.2. The number of aromatic nitrogens is 2. The summed E-state index contributed by atoms with van der Waals surface area (Å²) in [5.41, 5.74) is 3.05. The molecule has 250 valence electrons. The first kappa shape index (κ1) is 33.6. The maximum atomic E-state index is 15.4. The van der Waals surface area contributed by atoms with Gasteiger partial charge in [0.25, 0.3) is 0 Å². The molecule has 12 heteroatoms. The minimum absolute atomic E-state index is 0.0233. The third-order valence-corrected chi connectivity index (χ3v) is 10.2. The maximum Gasteiger partial charge on any atom is 0.345 e. The Morgan fingerprint density at radius 3 is 2.52 bits per heavy atom. The van der Waals surface area contributed by atoms with E-state index < -0.39 is 17.9 Å². The monoisotopic (exact) mass is 690 g/mol. The summed E-state index contributed by atoms with van der Waals surface area (Å²) < 4.78 is 33.2. The van der Waals surface area contributed by atoms with Crippen LogP contribution in [-0.2, 0) is 11.2 Å². The molecule has 48 heavy (non-hydrogen) atoms. The highest BCUT2D eigenvalue weighted by Gasteiger charge is 2.29. The highest BCUT2D eigenvalue weighted by atomic mass is 35.5. The van der Waals surface area contributed by atoms with E-state index in [9.17, 15) is 9.90 Å². The lowest BCUT2D eigenvalue weighted by Gasteiger charge is -2.32. The van der Waals surface area contributed by atoms with E-state index in [2.05, 4.69) is 26.8 Å². The van der Waals surface area contributed by atoms with Gasteiger partial charge < -0.3 is 24.2 Å². The number of hydrogen-bond donors (Lipinski definition) is 1. The molecule has 1 fully saturated rings. The number of thiophene rings is 1. The maximum absolute atomic E-state index is 15.4. The fourth-order valence-corrected chi connectivity index (χ4v) is 7.27. The van der Waals surface area contributed by atoms with Gasteiger partial charge in [-0.25, -0.2) is 19.2 Å². The second-order valence-corrected chi connectivity index (χ2v) is 13.0. The standard InChI is InChI=1S/C36H36ClFN4O5S/c1-22-24(12-13-28(32(22)37)46-19-18-42-16-14-41(2)15-17-42)30-31-34(47-29(36(43)44)20-23-8-4-7-11-27(23)45-3)39-21-40-35(31)48-33(30)25-9-5-6-10-26(25)38/h4-13,21,29H,14-20H2,1-3H3,(H,43,44)/t29-/m1/s1. The molecule has 0 radical (unpaired) electrons. The Kier molecular flexibility index (Phi) is 10.4. The zero-order valence-corrected chi connectivity index (χ0v) is 28.5. The molecular formula is C36H36ClFN4O5S. The lowest BCUT2D eigenvalue weighted by molar-refractivity contribution is -0.145. The Bertz CT molecular complexity index is 1930. The van der Waals surface area contributed by atoms with Crippen molar-refractivity contribution in [2.75, 3.05) is 53.5 Å². The number of aliphatic carboxylic acids is 1. The minimum atomic E-state index is -1.30. The van der Waals surface area contributed by atoms with Gasteiger partial charge in [-0.3, -0.25) is 4.90 Å². The number of benzene rings is 3. The number of methoxy groups -OCH3 is 1. The van der Waals surface area contributed by atoms with Crippen molar-refractivity contribution in [1.82, 2.24) is 19.8 Å². The van der Waals surface area contributed by atoms with Crippen LogP contribution in [0.4, 0.5) is 4.39 Å². The van der Waals surface area contributed by atoms with Crippen molar-refractivity contribution < 1.29 is 28.5 Å². The van der Waals surface area contributed by atoms with Crippen LogP contribution in [0.25, 0.3) is 31.8 Å². The molecule has 1 N–H and O–H groups in total. The Morgan fingerprint density at radius 1 is 1.02 bits per heavy atom. The van der Waals surface area contributed by atoms with E-state index in [4.69, 9.17) is 25.8 Å². The molecule has 1 aliphatic heterocycles. The summed E-state index contributed by atoms with van der Waals surface area (Å²) in [6.07, 6.45) is 0.0439. The average Bonchev–Trinajstić information content (AvgIpc) is 3.47. The number of piperazine rings is 1. The lowest BCUT2D eigenvalue weighted by atomic mass is 9.95. The van der Waals surface area contributed by atoms with E-state index in [1.165, 1.54) is 30.8 Å². The molecule has 2 aromatic heterocycles. The Balaban J connectivity index is 1.40. The number of carboxylic acids is 1. The number of carbonyl (C=O) groups is 1. The van der Waals surface area contributed by atoms with Crippen LogP contribution in [0.1, 0.15) is 11.1 Å². The second-order valence-electron chi connectivity index (χ2n) is 11.6. The molecule has 0 saturated carbocycles. The molecule has 3 aromatic carbocycles. The van der Waals surface area contributed by atoms with Crippen molar-refractivity contribution >= 4 is 39.1 Å². The molecule has 5 aromatic rings. The number of hydrogen-bond acceptors (Lipinski definition) is 9. The minimum Gasteiger partial charge on any atom is -0.496 e. The van der Waals surface area contributed by atoms with Crippen molar-refractivity contribution in [3.63, 3.8) is 0 Å². The van der Waals surface area contributed by atoms with Gasteiger partial charge in [0.05, 0.1) is 17.5 Å². The van der Waals surface area contributed by atoms with Crippen LogP contribution < -0.4 is 14.2 Å². The molecule has 3 heterocycles. The van der Waals surface area contributed by atoms with Crippen molar-refractivity contribution in [3.05, 3.63) is 89.0 Å². The van der Waals surface area contributed by atoms with E-state index in [-0.39, 0.29) is 12.3 Å². The molecule has 6 rings (SSSR count). The fraction of sp³-hybridized carbons (Fsp3) is 0.306. The third-order valence-electron chi connectivity index (χ3n) is 8.58. The zero-order chi connectivity index (χ0) is 33.8. The molecule has 9 nitrogen and oxygen atoms in total. The number of halogens is 2. The van der Waals surface area contributed by atoms with Crippen LogP contribution in [0, 0.1) is 12.7 Å². The Morgan fingerprint density at radius 2 is 1.77 bits per heavy atom. The molecule has 0 bridgehead atoms.